The van der Waals surface area contributed by atoms with Crippen molar-refractivity contribution in [1.29, 1.82) is 5.26 Å². The second-order valence-corrected chi connectivity index (χ2v) is 4.55. The molecule has 0 radical (unpaired) electrons. The van der Waals surface area contributed by atoms with Crippen molar-refractivity contribution in [3.63, 3.8) is 0 Å². The number of ketones is 1. The van der Waals surface area contributed by atoms with Crippen LogP contribution in [-0.2, 0) is 0 Å². The molecule has 1 unspecified atom stereocenters. The largest absolute Gasteiger partial charge is 0.292 e. The Morgan fingerprint density at radius 3 is 2.74 bits per heavy atom. The molecular weight excluding hydrogens is 260 g/mol. The van der Waals surface area contributed by atoms with Crippen molar-refractivity contribution in [2.45, 2.75) is 12.8 Å². The summed E-state index contributed by atoms with van der Waals surface area (Å²) < 4.78 is 0. The maximum Gasteiger partial charge on any atom is 0.186 e. The molecule has 0 bridgehead atoms. The van der Waals surface area contributed by atoms with E-state index >= 15 is 0 Å². The molecule has 0 saturated heterocycles. The van der Waals surface area contributed by atoms with Crippen molar-refractivity contribution in [2.75, 3.05) is 0 Å². The molecule has 4 heteroatoms. The minimum absolute atomic E-state index is 0.289. The van der Waals surface area contributed by atoms with Crippen LogP contribution >= 0.6 is 11.6 Å². The number of nitrogens with zero attached hydrogens (tertiary/aromatic N) is 2. The van der Waals surface area contributed by atoms with Crippen molar-refractivity contribution in [3.05, 3.63) is 64.4 Å². The molecule has 1 aromatic heterocycles. The lowest BCUT2D eigenvalue weighted by molar-refractivity contribution is 0.0977. The molecular formula is C15H11ClN2O. The summed E-state index contributed by atoms with van der Waals surface area (Å²) in [6.45, 7) is 1.86. The number of nitriles is 1. The van der Waals surface area contributed by atoms with Crippen molar-refractivity contribution >= 4 is 17.4 Å². The van der Waals surface area contributed by atoms with Gasteiger partial charge in [-0.2, -0.15) is 5.26 Å². The molecule has 19 heavy (non-hydrogen) atoms. The van der Waals surface area contributed by atoms with Gasteiger partial charge in [0.2, 0.25) is 0 Å². The van der Waals surface area contributed by atoms with Gasteiger partial charge in [-0.05, 0) is 30.7 Å². The van der Waals surface area contributed by atoms with Crippen LogP contribution in [0.2, 0.25) is 5.02 Å². The number of rotatable bonds is 3. The predicted molar refractivity (Wildman–Crippen MR) is 73.1 cm³/mol. The van der Waals surface area contributed by atoms with Crippen molar-refractivity contribution in [2.24, 2.45) is 0 Å². The molecule has 1 atom stereocenters. The fraction of sp³-hybridized carbons (Fsp3) is 0.133. The highest BCUT2D eigenvalue weighted by Gasteiger charge is 2.23. The minimum atomic E-state index is -0.903. The highest BCUT2D eigenvalue weighted by molar-refractivity contribution is 6.31. The summed E-state index contributed by atoms with van der Waals surface area (Å²) in [5, 5.41) is 9.71. The zero-order valence-electron chi connectivity index (χ0n) is 10.3. The van der Waals surface area contributed by atoms with E-state index in [1.807, 2.05) is 13.0 Å². The van der Waals surface area contributed by atoms with Crippen LogP contribution in [0.1, 0.15) is 27.5 Å². The number of pyridine rings is 1. The summed E-state index contributed by atoms with van der Waals surface area (Å²) in [6.07, 6.45) is 1.56. The number of aryl methyl sites for hydroxylation is 1. The molecule has 0 N–H and O–H groups in total. The van der Waals surface area contributed by atoms with Gasteiger partial charge in [0.15, 0.2) is 11.7 Å². The maximum atomic E-state index is 12.3. The summed E-state index contributed by atoms with van der Waals surface area (Å²) >= 11 is 6.00. The lowest BCUT2D eigenvalue weighted by Crippen LogP contribution is -2.12. The molecule has 0 aliphatic carbocycles. The summed E-state index contributed by atoms with van der Waals surface area (Å²) in [4.78, 5) is 16.4. The summed E-state index contributed by atoms with van der Waals surface area (Å²) in [5.74, 6) is -1.19. The number of hydrogen-bond donors (Lipinski definition) is 0. The first kappa shape index (κ1) is 13.3. The second kappa shape index (κ2) is 5.64. The smallest absolute Gasteiger partial charge is 0.186 e. The molecule has 2 aromatic rings. The Kier molecular flexibility index (Phi) is 3.94. The first-order valence-corrected chi connectivity index (χ1v) is 6.12. The van der Waals surface area contributed by atoms with E-state index in [1.165, 1.54) is 0 Å². The second-order valence-electron chi connectivity index (χ2n) is 4.14. The van der Waals surface area contributed by atoms with E-state index in [0.717, 1.165) is 5.56 Å². The molecule has 0 saturated carbocycles. The van der Waals surface area contributed by atoms with Gasteiger partial charge >= 0.3 is 0 Å². The van der Waals surface area contributed by atoms with E-state index in [4.69, 9.17) is 11.6 Å². The van der Waals surface area contributed by atoms with Gasteiger partial charge in [-0.15, -0.1) is 0 Å². The van der Waals surface area contributed by atoms with Crippen LogP contribution < -0.4 is 0 Å². The standard InChI is InChI=1S/C15H11ClN2O/c1-10-5-6-11(8-13(10)16)15(19)12(9-17)14-4-2-3-7-18-14/h2-8,12H,1H3. The number of halogens is 1. The molecule has 2 rings (SSSR count). The summed E-state index contributed by atoms with van der Waals surface area (Å²) in [6, 6.07) is 12.2. The third-order valence-corrected chi connectivity index (χ3v) is 3.24. The first-order chi connectivity index (χ1) is 9.13. The summed E-state index contributed by atoms with van der Waals surface area (Å²) in [7, 11) is 0. The third-order valence-electron chi connectivity index (χ3n) is 2.83. The quantitative estimate of drug-likeness (QED) is 0.802. The zero-order valence-corrected chi connectivity index (χ0v) is 11.1. The van der Waals surface area contributed by atoms with Crippen LogP contribution in [0.3, 0.4) is 0 Å². The van der Waals surface area contributed by atoms with Crippen molar-refractivity contribution in [1.82, 2.24) is 4.98 Å². The molecule has 0 aliphatic heterocycles. The molecule has 94 valence electrons. The fourth-order valence-electron chi connectivity index (χ4n) is 1.72. The average Bonchev–Trinajstić information content (AvgIpc) is 2.44. The van der Waals surface area contributed by atoms with Gasteiger partial charge in [0.25, 0.3) is 0 Å². The molecule has 3 nitrogen and oxygen atoms in total. The summed E-state index contributed by atoms with van der Waals surface area (Å²) in [5.41, 5.74) is 1.77. The highest BCUT2D eigenvalue weighted by Crippen LogP contribution is 2.22. The van der Waals surface area contributed by atoms with Gasteiger partial charge < -0.3 is 0 Å². The Morgan fingerprint density at radius 2 is 2.16 bits per heavy atom. The Hall–Kier alpha value is -2.18. The Labute approximate surface area is 116 Å². The van der Waals surface area contributed by atoms with E-state index in [-0.39, 0.29) is 5.78 Å². The monoisotopic (exact) mass is 270 g/mol. The number of carbonyl (C=O) groups excluding carboxylic acids is 1. The molecule has 0 fully saturated rings. The van der Waals surface area contributed by atoms with Crippen molar-refractivity contribution < 1.29 is 4.79 Å². The topological polar surface area (TPSA) is 53.8 Å². The van der Waals surface area contributed by atoms with Crippen molar-refractivity contribution in [3.8, 4) is 6.07 Å². The predicted octanol–water partition coefficient (Wildman–Crippen LogP) is 3.53. The number of aromatic nitrogens is 1. The highest BCUT2D eigenvalue weighted by atomic mass is 35.5. The van der Waals surface area contributed by atoms with Crippen LogP contribution in [-0.4, -0.2) is 10.8 Å². The minimum Gasteiger partial charge on any atom is -0.292 e. The molecule has 0 spiro atoms. The van der Waals surface area contributed by atoms with Gasteiger partial charge in [0, 0.05) is 16.8 Å². The maximum absolute atomic E-state index is 12.3. The van der Waals surface area contributed by atoms with Gasteiger partial charge in [-0.25, -0.2) is 0 Å². The normalized spacial score (nSPS) is 11.6. The van der Waals surface area contributed by atoms with E-state index < -0.39 is 5.92 Å². The number of hydrogen-bond acceptors (Lipinski definition) is 3. The SMILES string of the molecule is Cc1ccc(C(=O)C(C#N)c2ccccn2)cc1Cl. The molecule has 0 aliphatic rings. The van der Waals surface area contributed by atoms with Crippen LogP contribution in [0.25, 0.3) is 0 Å². The third kappa shape index (κ3) is 2.81. The van der Waals surface area contributed by atoms with Gasteiger partial charge in [0.05, 0.1) is 11.8 Å². The first-order valence-electron chi connectivity index (χ1n) is 5.74. The molecule has 1 heterocycles. The van der Waals surface area contributed by atoms with E-state index in [2.05, 4.69) is 4.98 Å². The lowest BCUT2D eigenvalue weighted by Gasteiger charge is -2.08. The van der Waals surface area contributed by atoms with Gasteiger partial charge in [-0.1, -0.05) is 29.8 Å². The van der Waals surface area contributed by atoms with Gasteiger partial charge in [-0.3, -0.25) is 9.78 Å². The molecule has 0 amide bonds. The zero-order chi connectivity index (χ0) is 13.8. The average molecular weight is 271 g/mol. The number of Topliss-reactive ketones (excluding diaryl/α,β-unsaturated/α-hetero) is 1. The van der Waals surface area contributed by atoms with Crippen LogP contribution in [0.15, 0.2) is 42.6 Å². The number of carbonyl (C=O) groups is 1. The Bertz CT molecular complexity index is 647. The van der Waals surface area contributed by atoms with Crippen LogP contribution in [0, 0.1) is 18.3 Å². The lowest BCUT2D eigenvalue weighted by atomic mass is 9.95. The van der Waals surface area contributed by atoms with Crippen LogP contribution in [0.4, 0.5) is 0 Å². The number of benzene rings is 1. The van der Waals surface area contributed by atoms with Gasteiger partial charge in [0.1, 0.15) is 0 Å². The van der Waals surface area contributed by atoms with E-state index in [9.17, 15) is 10.1 Å². The van der Waals surface area contributed by atoms with E-state index in [1.54, 1.807) is 42.6 Å². The molecule has 1 aromatic carbocycles. The van der Waals surface area contributed by atoms with Crippen LogP contribution in [0.5, 0.6) is 0 Å². The Balaban J connectivity index is 2.37. The Morgan fingerprint density at radius 1 is 1.37 bits per heavy atom. The van der Waals surface area contributed by atoms with E-state index in [0.29, 0.717) is 16.3 Å². The fourth-order valence-corrected chi connectivity index (χ4v) is 1.90.